The van der Waals surface area contributed by atoms with Crippen LogP contribution in [0.2, 0.25) is 0 Å². The fourth-order valence-corrected chi connectivity index (χ4v) is 3.26. The number of carbonyl (C=O) groups excluding carboxylic acids is 1. The lowest BCUT2D eigenvalue weighted by molar-refractivity contribution is -0.119. The normalized spacial score (nSPS) is 13.9. The van der Waals surface area contributed by atoms with Gasteiger partial charge in [0.15, 0.2) is 5.65 Å². The van der Waals surface area contributed by atoms with Gasteiger partial charge in [-0.1, -0.05) is 12.1 Å². The highest BCUT2D eigenvalue weighted by Gasteiger charge is 2.26. The number of hydrogen-bond acceptors (Lipinski definition) is 4. The molecule has 25 heavy (non-hydrogen) atoms. The van der Waals surface area contributed by atoms with Gasteiger partial charge in [-0.2, -0.15) is 5.10 Å². The molecule has 4 rings (SSSR count). The molecule has 3 aromatic rings. The minimum absolute atomic E-state index is 0.190. The van der Waals surface area contributed by atoms with Crippen LogP contribution >= 0.6 is 0 Å². The zero-order valence-electron chi connectivity index (χ0n) is 13.6. The summed E-state index contributed by atoms with van der Waals surface area (Å²) in [6.45, 7) is 0.245. The van der Waals surface area contributed by atoms with Crippen LogP contribution in [0.3, 0.4) is 0 Å². The van der Waals surface area contributed by atoms with E-state index in [4.69, 9.17) is 0 Å². The van der Waals surface area contributed by atoms with Crippen molar-refractivity contribution in [1.29, 1.82) is 0 Å². The van der Waals surface area contributed by atoms with Gasteiger partial charge in [-0.25, -0.2) is 9.37 Å². The topological polar surface area (TPSA) is 73.0 Å². The van der Waals surface area contributed by atoms with E-state index in [2.05, 4.69) is 10.1 Å². The number of para-hydroxylation sites is 1. The first-order valence-corrected chi connectivity index (χ1v) is 8.01. The number of nitrogens with zero attached hydrogens (tertiary/aromatic N) is 5. The fraction of sp³-hybridized carbons (Fsp3) is 0.294. The van der Waals surface area contributed by atoms with Gasteiger partial charge in [-0.3, -0.25) is 18.8 Å². The number of fused-ring (bicyclic) bond motifs is 2. The van der Waals surface area contributed by atoms with Gasteiger partial charge in [0.2, 0.25) is 5.91 Å². The van der Waals surface area contributed by atoms with Crippen molar-refractivity contribution in [2.24, 2.45) is 7.05 Å². The Morgan fingerprint density at radius 2 is 2.20 bits per heavy atom. The van der Waals surface area contributed by atoms with E-state index in [0.29, 0.717) is 23.3 Å². The van der Waals surface area contributed by atoms with Gasteiger partial charge in [0, 0.05) is 13.6 Å². The molecule has 1 amide bonds. The largest absolute Gasteiger partial charge is 0.308 e. The molecule has 3 heterocycles. The predicted molar refractivity (Wildman–Crippen MR) is 89.8 cm³/mol. The van der Waals surface area contributed by atoms with E-state index in [1.54, 1.807) is 13.1 Å². The quantitative estimate of drug-likeness (QED) is 0.703. The van der Waals surface area contributed by atoms with Crippen LogP contribution < -0.4 is 10.5 Å². The van der Waals surface area contributed by atoms with Crippen molar-refractivity contribution in [2.75, 3.05) is 11.4 Å². The van der Waals surface area contributed by atoms with Crippen LogP contribution in [0.15, 0.2) is 35.5 Å². The van der Waals surface area contributed by atoms with E-state index in [0.717, 1.165) is 18.4 Å². The number of benzene rings is 1. The van der Waals surface area contributed by atoms with Crippen molar-refractivity contribution in [3.63, 3.8) is 0 Å². The van der Waals surface area contributed by atoms with E-state index in [1.165, 1.54) is 32.7 Å². The van der Waals surface area contributed by atoms with E-state index < -0.39 is 5.82 Å². The average Bonchev–Trinajstić information content (AvgIpc) is 2.99. The standard InChI is InChI=1S/C17H16FN5O2/c1-21-16-12(8-20-21)17(25)22(10-19-16)9-14(24)23-7-3-5-11-4-2-6-13(18)15(11)23/h2,4,6,8,10H,3,5,7,9H2,1H3. The Balaban J connectivity index is 1.68. The SMILES string of the molecule is Cn1ncc2c(=O)n(CC(=O)N3CCCc4cccc(F)c43)cnc21. The van der Waals surface area contributed by atoms with E-state index >= 15 is 0 Å². The Morgan fingerprint density at radius 1 is 1.36 bits per heavy atom. The molecule has 0 saturated carbocycles. The van der Waals surface area contributed by atoms with Crippen molar-refractivity contribution in [3.8, 4) is 0 Å². The smallest absolute Gasteiger partial charge is 0.264 e. The average molecular weight is 341 g/mol. The number of aromatic nitrogens is 4. The monoisotopic (exact) mass is 341 g/mol. The molecule has 128 valence electrons. The molecular weight excluding hydrogens is 325 g/mol. The summed E-state index contributed by atoms with van der Waals surface area (Å²) in [5, 5.41) is 4.35. The van der Waals surface area contributed by atoms with Crippen LogP contribution in [-0.2, 0) is 24.8 Å². The molecule has 0 atom stereocenters. The van der Waals surface area contributed by atoms with E-state index in [1.807, 2.05) is 6.07 Å². The maximum absolute atomic E-state index is 14.2. The summed E-state index contributed by atoms with van der Waals surface area (Å²) in [6.07, 6.45) is 4.26. The van der Waals surface area contributed by atoms with Gasteiger partial charge in [0.05, 0.1) is 11.9 Å². The van der Waals surface area contributed by atoms with Crippen molar-refractivity contribution in [2.45, 2.75) is 19.4 Å². The molecule has 8 heteroatoms. The van der Waals surface area contributed by atoms with Crippen LogP contribution in [0.4, 0.5) is 10.1 Å². The number of amides is 1. The zero-order valence-corrected chi connectivity index (χ0v) is 13.6. The zero-order chi connectivity index (χ0) is 17.6. The van der Waals surface area contributed by atoms with Crippen molar-refractivity contribution in [1.82, 2.24) is 19.3 Å². The molecule has 1 aliphatic rings. The van der Waals surface area contributed by atoms with E-state index in [9.17, 15) is 14.0 Å². The molecule has 0 bridgehead atoms. The summed E-state index contributed by atoms with van der Waals surface area (Å²) in [4.78, 5) is 30.8. The minimum Gasteiger partial charge on any atom is -0.308 e. The summed E-state index contributed by atoms with van der Waals surface area (Å²) in [5.74, 6) is -0.753. The van der Waals surface area contributed by atoms with Crippen molar-refractivity contribution < 1.29 is 9.18 Å². The molecule has 7 nitrogen and oxygen atoms in total. The molecule has 0 fully saturated rings. The number of hydrogen-bond donors (Lipinski definition) is 0. The molecular formula is C17H16FN5O2. The number of anilines is 1. The van der Waals surface area contributed by atoms with Gasteiger partial charge < -0.3 is 4.90 Å². The van der Waals surface area contributed by atoms with Gasteiger partial charge in [0.25, 0.3) is 5.56 Å². The summed E-state index contributed by atoms with van der Waals surface area (Å²) >= 11 is 0. The molecule has 0 saturated heterocycles. The van der Waals surface area contributed by atoms with Crippen LogP contribution in [0.25, 0.3) is 11.0 Å². The molecule has 0 aliphatic carbocycles. The van der Waals surface area contributed by atoms with Crippen LogP contribution in [-0.4, -0.2) is 31.8 Å². The lowest BCUT2D eigenvalue weighted by Gasteiger charge is -2.30. The van der Waals surface area contributed by atoms with Crippen LogP contribution in [0, 0.1) is 5.82 Å². The highest BCUT2D eigenvalue weighted by Crippen LogP contribution is 2.30. The summed E-state index contributed by atoms with van der Waals surface area (Å²) in [7, 11) is 1.69. The van der Waals surface area contributed by atoms with Crippen LogP contribution in [0.1, 0.15) is 12.0 Å². The van der Waals surface area contributed by atoms with Gasteiger partial charge in [-0.05, 0) is 24.5 Å². The summed E-state index contributed by atoms with van der Waals surface area (Å²) < 4.78 is 17.0. The lowest BCUT2D eigenvalue weighted by Crippen LogP contribution is -2.40. The number of carbonyl (C=O) groups is 1. The number of aryl methyl sites for hydroxylation is 2. The predicted octanol–water partition coefficient (Wildman–Crippen LogP) is 1.25. The Labute approximate surface area is 142 Å². The second kappa shape index (κ2) is 5.80. The number of rotatable bonds is 2. The minimum atomic E-state index is -0.418. The second-order valence-electron chi connectivity index (χ2n) is 6.08. The molecule has 0 unspecified atom stereocenters. The van der Waals surface area contributed by atoms with Crippen LogP contribution in [0.5, 0.6) is 0 Å². The first kappa shape index (κ1) is 15.5. The van der Waals surface area contributed by atoms with Gasteiger partial charge in [0.1, 0.15) is 24.1 Å². The van der Waals surface area contributed by atoms with Crippen molar-refractivity contribution in [3.05, 3.63) is 52.5 Å². The Bertz CT molecular complexity index is 1040. The molecule has 1 aromatic carbocycles. The Morgan fingerprint density at radius 3 is 3.04 bits per heavy atom. The number of halogens is 1. The fourth-order valence-electron chi connectivity index (χ4n) is 3.26. The first-order chi connectivity index (χ1) is 12.1. The van der Waals surface area contributed by atoms with Gasteiger partial charge >= 0.3 is 0 Å². The van der Waals surface area contributed by atoms with E-state index in [-0.39, 0.29) is 18.0 Å². The van der Waals surface area contributed by atoms with Gasteiger partial charge in [-0.15, -0.1) is 0 Å². The van der Waals surface area contributed by atoms with Crippen molar-refractivity contribution >= 4 is 22.6 Å². The highest BCUT2D eigenvalue weighted by atomic mass is 19.1. The maximum Gasteiger partial charge on any atom is 0.264 e. The third kappa shape index (κ3) is 2.50. The maximum atomic E-state index is 14.2. The molecule has 0 N–H and O–H groups in total. The lowest BCUT2D eigenvalue weighted by atomic mass is 10.0. The summed E-state index contributed by atoms with van der Waals surface area (Å²) in [5.41, 5.74) is 1.26. The third-order valence-electron chi connectivity index (χ3n) is 4.49. The molecule has 2 aromatic heterocycles. The second-order valence-corrected chi connectivity index (χ2v) is 6.08. The first-order valence-electron chi connectivity index (χ1n) is 8.01. The summed E-state index contributed by atoms with van der Waals surface area (Å²) in [6, 6.07) is 4.82. The molecule has 1 aliphatic heterocycles. The Kier molecular flexibility index (Phi) is 3.60. The molecule has 0 spiro atoms. The highest BCUT2D eigenvalue weighted by molar-refractivity contribution is 5.94. The third-order valence-corrected chi connectivity index (χ3v) is 4.49. The molecule has 0 radical (unpaired) electrons. The Hall–Kier alpha value is -3.03.